The third-order valence-electron chi connectivity index (χ3n) is 6.68. The molecular formula is C27H25BrF3N5O2S. The van der Waals surface area contributed by atoms with E-state index in [1.165, 1.54) is 10.4 Å². The van der Waals surface area contributed by atoms with Gasteiger partial charge in [-0.1, -0.05) is 12.1 Å². The molecule has 0 spiro atoms. The molecule has 0 saturated carbocycles. The SMILES string of the molecule is O=S(=O)(c1cccc(C(F)(F)F)c1)N1CCCC(c2cc(=NCc3cccnc3)cc3c(n2)C(Br)=CNC3)C1. The minimum atomic E-state index is -4.64. The van der Waals surface area contributed by atoms with Crippen LogP contribution in [-0.2, 0) is 29.3 Å². The topological polar surface area (TPSA) is 87.6 Å². The Kier molecular flexibility index (Phi) is 7.88. The van der Waals surface area contributed by atoms with Gasteiger partial charge in [0.05, 0.1) is 32.5 Å². The Morgan fingerprint density at radius 1 is 1.15 bits per heavy atom. The van der Waals surface area contributed by atoms with Gasteiger partial charge in [-0.15, -0.1) is 0 Å². The maximum absolute atomic E-state index is 13.4. The molecule has 204 valence electrons. The summed E-state index contributed by atoms with van der Waals surface area (Å²) < 4.78 is 68.6. The number of aromatic nitrogens is 2. The summed E-state index contributed by atoms with van der Waals surface area (Å²) in [4.78, 5) is 13.5. The van der Waals surface area contributed by atoms with Crippen LogP contribution in [0.25, 0.3) is 4.48 Å². The van der Waals surface area contributed by atoms with Gasteiger partial charge in [0, 0.05) is 55.4 Å². The van der Waals surface area contributed by atoms with Gasteiger partial charge in [-0.3, -0.25) is 15.0 Å². The largest absolute Gasteiger partial charge is 0.416 e. The lowest BCUT2D eigenvalue weighted by Gasteiger charge is -2.31. The molecule has 7 nitrogen and oxygen atoms in total. The molecule has 39 heavy (non-hydrogen) atoms. The zero-order valence-electron chi connectivity index (χ0n) is 20.7. The lowest BCUT2D eigenvalue weighted by molar-refractivity contribution is -0.137. The quantitative estimate of drug-likeness (QED) is 0.436. The first kappa shape index (κ1) is 27.5. The van der Waals surface area contributed by atoms with E-state index in [9.17, 15) is 21.6 Å². The lowest BCUT2D eigenvalue weighted by Crippen LogP contribution is -2.39. The van der Waals surface area contributed by atoms with Crippen molar-refractivity contribution in [2.24, 2.45) is 4.99 Å². The molecule has 4 heterocycles. The fourth-order valence-corrected chi connectivity index (χ4v) is 6.77. The van der Waals surface area contributed by atoms with Gasteiger partial charge in [0.15, 0.2) is 0 Å². The number of fused-ring (bicyclic) bond motifs is 1. The van der Waals surface area contributed by atoms with E-state index in [1.807, 2.05) is 30.5 Å². The summed E-state index contributed by atoms with van der Waals surface area (Å²) in [5.74, 6) is -0.265. The third kappa shape index (κ3) is 6.23. The Balaban J connectivity index is 1.51. The van der Waals surface area contributed by atoms with Crippen LogP contribution in [-0.4, -0.2) is 35.8 Å². The highest BCUT2D eigenvalue weighted by Gasteiger charge is 2.35. The van der Waals surface area contributed by atoms with E-state index >= 15 is 0 Å². The number of nitrogens with one attached hydrogen (secondary N) is 1. The Labute approximate surface area is 232 Å². The summed E-state index contributed by atoms with van der Waals surface area (Å²) in [5, 5.41) is 3.90. The van der Waals surface area contributed by atoms with Crippen molar-refractivity contribution >= 4 is 30.4 Å². The van der Waals surface area contributed by atoms with Crippen molar-refractivity contribution in [1.29, 1.82) is 0 Å². The Bertz CT molecular complexity index is 1580. The van der Waals surface area contributed by atoms with Crippen LogP contribution in [0.2, 0.25) is 0 Å². The Morgan fingerprint density at radius 3 is 2.77 bits per heavy atom. The standard InChI is InChI=1S/C27H25BrF3N5O2S/c28-24-16-33-15-20-10-22(34-14-18-4-2-8-32-13-18)12-25(35-26(20)24)19-5-3-9-36(17-19)39(37,38)23-7-1-6-21(11-23)27(29,30)31/h1-2,4,6-8,10-13,16,19,33H,3,5,9,14-15,17H2. The van der Waals surface area contributed by atoms with E-state index in [-0.39, 0.29) is 23.9 Å². The van der Waals surface area contributed by atoms with Crippen molar-refractivity contribution < 1.29 is 21.6 Å². The van der Waals surface area contributed by atoms with Crippen molar-refractivity contribution in [3.63, 3.8) is 0 Å². The zero-order valence-corrected chi connectivity index (χ0v) is 23.1. The molecule has 0 radical (unpaired) electrons. The molecule has 2 aliphatic heterocycles. The number of pyridine rings is 1. The molecular weight excluding hydrogens is 595 g/mol. The number of alkyl halides is 3. The van der Waals surface area contributed by atoms with Crippen LogP contribution in [0.3, 0.4) is 0 Å². The average Bonchev–Trinajstić information content (AvgIpc) is 3.13. The van der Waals surface area contributed by atoms with E-state index in [2.05, 4.69) is 26.2 Å². The second-order valence-electron chi connectivity index (χ2n) is 9.40. The maximum atomic E-state index is 13.4. The average molecular weight is 620 g/mol. The number of benzene rings is 1. The number of hydrogen-bond donors (Lipinski definition) is 1. The second-order valence-corrected chi connectivity index (χ2v) is 12.2. The molecule has 2 aliphatic rings. The van der Waals surface area contributed by atoms with E-state index in [0.29, 0.717) is 43.0 Å². The molecule has 1 unspecified atom stereocenters. The summed E-state index contributed by atoms with van der Waals surface area (Å²) in [6.45, 7) is 1.29. The van der Waals surface area contributed by atoms with Crippen molar-refractivity contribution in [3.05, 3.63) is 101 Å². The smallest absolute Gasteiger partial charge is 0.386 e. The molecule has 0 amide bonds. The van der Waals surface area contributed by atoms with Gasteiger partial charge < -0.3 is 5.32 Å². The molecule has 0 aliphatic carbocycles. The van der Waals surface area contributed by atoms with Crippen LogP contribution >= 0.6 is 15.9 Å². The van der Waals surface area contributed by atoms with Crippen molar-refractivity contribution in [2.75, 3.05) is 13.1 Å². The summed E-state index contributed by atoms with van der Waals surface area (Å²) in [5.41, 5.74) is 2.31. The summed E-state index contributed by atoms with van der Waals surface area (Å²) in [6.07, 6.45) is 1.86. The normalized spacial score (nSPS) is 18.7. The molecule has 1 fully saturated rings. The first-order valence-corrected chi connectivity index (χ1v) is 14.6. The first-order valence-electron chi connectivity index (χ1n) is 12.3. The van der Waals surface area contributed by atoms with Gasteiger partial charge in [0.1, 0.15) is 0 Å². The van der Waals surface area contributed by atoms with Crippen LogP contribution in [0.4, 0.5) is 13.2 Å². The monoisotopic (exact) mass is 619 g/mol. The molecule has 1 aromatic carbocycles. The van der Waals surface area contributed by atoms with Gasteiger partial charge >= 0.3 is 6.18 Å². The Morgan fingerprint density at radius 2 is 2.00 bits per heavy atom. The Hall–Kier alpha value is -3.09. The number of rotatable bonds is 5. The molecule has 1 atom stereocenters. The van der Waals surface area contributed by atoms with Crippen LogP contribution < -0.4 is 10.7 Å². The highest BCUT2D eigenvalue weighted by atomic mass is 79.9. The van der Waals surface area contributed by atoms with Crippen LogP contribution in [0, 0.1) is 0 Å². The fraction of sp³-hybridized carbons (Fsp3) is 0.296. The van der Waals surface area contributed by atoms with Crippen molar-refractivity contribution in [2.45, 2.75) is 42.9 Å². The number of hydrogen-bond acceptors (Lipinski definition) is 6. The van der Waals surface area contributed by atoms with E-state index in [1.54, 1.807) is 12.4 Å². The van der Waals surface area contributed by atoms with Crippen molar-refractivity contribution in [1.82, 2.24) is 19.6 Å². The van der Waals surface area contributed by atoms with Crippen LogP contribution in [0.1, 0.15) is 46.8 Å². The highest BCUT2D eigenvalue weighted by molar-refractivity contribution is 9.15. The number of nitrogens with zero attached hydrogens (tertiary/aromatic N) is 4. The van der Waals surface area contributed by atoms with E-state index < -0.39 is 21.8 Å². The number of halogens is 4. The minimum Gasteiger partial charge on any atom is -0.386 e. The van der Waals surface area contributed by atoms with Crippen LogP contribution in [0.15, 0.2) is 77.0 Å². The molecule has 0 bridgehead atoms. The van der Waals surface area contributed by atoms with Gasteiger partial charge in [0.25, 0.3) is 0 Å². The summed E-state index contributed by atoms with van der Waals surface area (Å²) in [7, 11) is -4.14. The first-order chi connectivity index (χ1) is 18.6. The lowest BCUT2D eigenvalue weighted by atomic mass is 9.96. The van der Waals surface area contributed by atoms with E-state index in [4.69, 9.17) is 9.98 Å². The van der Waals surface area contributed by atoms with Gasteiger partial charge in [-0.2, -0.15) is 17.5 Å². The molecule has 1 saturated heterocycles. The molecule has 3 aromatic rings. The molecule has 1 N–H and O–H groups in total. The van der Waals surface area contributed by atoms with Gasteiger partial charge in [0.2, 0.25) is 10.0 Å². The second kappa shape index (κ2) is 11.2. The molecule has 12 heteroatoms. The highest BCUT2D eigenvalue weighted by Crippen LogP contribution is 2.34. The third-order valence-corrected chi connectivity index (χ3v) is 9.14. The van der Waals surface area contributed by atoms with Gasteiger partial charge in [-0.05, 0) is 70.7 Å². The molecule has 2 aromatic heterocycles. The minimum absolute atomic E-state index is 0.103. The number of sulfonamides is 1. The molecule has 5 rings (SSSR count). The summed E-state index contributed by atoms with van der Waals surface area (Å²) in [6, 6.07) is 11.5. The predicted molar refractivity (Wildman–Crippen MR) is 144 cm³/mol. The zero-order chi connectivity index (χ0) is 27.6. The number of piperidine rings is 1. The fourth-order valence-electron chi connectivity index (χ4n) is 4.69. The predicted octanol–water partition coefficient (Wildman–Crippen LogP) is 4.96. The van der Waals surface area contributed by atoms with E-state index in [0.717, 1.165) is 33.4 Å². The maximum Gasteiger partial charge on any atom is 0.416 e. The van der Waals surface area contributed by atoms with Gasteiger partial charge in [-0.25, -0.2) is 8.42 Å². The summed E-state index contributed by atoms with van der Waals surface area (Å²) >= 11 is 3.56. The van der Waals surface area contributed by atoms with Crippen LogP contribution in [0.5, 0.6) is 0 Å². The van der Waals surface area contributed by atoms with Crippen molar-refractivity contribution in [3.8, 4) is 0 Å².